The fourth-order valence-corrected chi connectivity index (χ4v) is 3.81. The van der Waals surface area contributed by atoms with Crippen molar-refractivity contribution in [1.82, 2.24) is 9.97 Å². The minimum Gasteiger partial charge on any atom is -0.486 e. The summed E-state index contributed by atoms with van der Waals surface area (Å²) in [6.45, 7) is 5.73. The van der Waals surface area contributed by atoms with Gasteiger partial charge in [0.2, 0.25) is 5.82 Å². The Hall–Kier alpha value is -4.20. The third-order valence-corrected chi connectivity index (χ3v) is 5.73. The summed E-state index contributed by atoms with van der Waals surface area (Å²) in [5.74, 6) is -4.17. The van der Waals surface area contributed by atoms with Crippen molar-refractivity contribution in [1.29, 1.82) is 0 Å². The Balaban J connectivity index is 1.45. The van der Waals surface area contributed by atoms with Crippen molar-refractivity contribution < 1.29 is 27.0 Å². The van der Waals surface area contributed by atoms with Crippen LogP contribution in [0.15, 0.2) is 73.6 Å². The lowest BCUT2D eigenvalue weighted by Gasteiger charge is -2.11. The number of benzene rings is 3. The molecule has 0 amide bonds. The van der Waals surface area contributed by atoms with E-state index in [-0.39, 0.29) is 41.5 Å². The topological polar surface area (TPSA) is 44.2 Å². The van der Waals surface area contributed by atoms with E-state index in [9.17, 15) is 17.6 Å². The molecule has 0 N–H and O–H groups in total. The van der Waals surface area contributed by atoms with Crippen LogP contribution in [0, 0.1) is 23.3 Å². The molecule has 0 radical (unpaired) electrons. The fourth-order valence-electron chi connectivity index (χ4n) is 3.81. The maximum Gasteiger partial charge on any atom is 0.316 e. The molecule has 8 heteroatoms. The summed E-state index contributed by atoms with van der Waals surface area (Å²) in [4.78, 5) is 7.99. The van der Waals surface area contributed by atoms with Crippen molar-refractivity contribution in [2.45, 2.75) is 19.8 Å². The van der Waals surface area contributed by atoms with E-state index in [0.717, 1.165) is 5.56 Å². The van der Waals surface area contributed by atoms with Crippen LogP contribution in [0.2, 0.25) is 0 Å². The van der Waals surface area contributed by atoms with Crippen molar-refractivity contribution in [3.05, 3.63) is 108 Å². The standard InChI is InChI=1S/C29H24F4N2O2/c1-3-15-37-24-14-13-22(27(32)28(24)33)19-8-5-18(6-9-19)7-10-20-11-12-23(26(31)25(20)30)21-16-34-29(35-17-21)36-4-2/h3,5-6,8-9,11-14,16-17H,1,4,7,10,15H2,2H3. The van der Waals surface area contributed by atoms with Gasteiger partial charge in [0.05, 0.1) is 6.61 Å². The molecule has 0 unspecified atom stereocenters. The molecule has 4 aromatic rings. The highest BCUT2D eigenvalue weighted by atomic mass is 19.2. The summed E-state index contributed by atoms with van der Waals surface area (Å²) in [5, 5.41) is 0. The molecule has 1 aromatic heterocycles. The van der Waals surface area contributed by atoms with E-state index >= 15 is 0 Å². The molecule has 190 valence electrons. The van der Waals surface area contributed by atoms with Crippen molar-refractivity contribution in [2.24, 2.45) is 0 Å². The van der Waals surface area contributed by atoms with Crippen LogP contribution in [0.5, 0.6) is 11.8 Å². The zero-order valence-electron chi connectivity index (χ0n) is 20.1. The molecule has 1 heterocycles. The molecule has 4 nitrogen and oxygen atoms in total. The Labute approximate surface area is 212 Å². The van der Waals surface area contributed by atoms with Crippen molar-refractivity contribution in [3.8, 4) is 34.0 Å². The lowest BCUT2D eigenvalue weighted by molar-refractivity contribution is 0.312. The second-order valence-corrected chi connectivity index (χ2v) is 8.12. The molecule has 0 aliphatic heterocycles. The number of rotatable bonds is 10. The molecule has 0 fully saturated rings. The highest BCUT2D eigenvalue weighted by Gasteiger charge is 2.17. The molecule has 0 aliphatic rings. The van der Waals surface area contributed by atoms with Gasteiger partial charge in [-0.1, -0.05) is 49.1 Å². The van der Waals surface area contributed by atoms with E-state index in [1.807, 2.05) is 0 Å². The van der Waals surface area contributed by atoms with Gasteiger partial charge in [-0.3, -0.25) is 0 Å². The zero-order chi connectivity index (χ0) is 26.4. The van der Waals surface area contributed by atoms with Crippen LogP contribution in [0.1, 0.15) is 18.1 Å². The lowest BCUT2D eigenvalue weighted by Crippen LogP contribution is -2.01. The Bertz CT molecular complexity index is 1390. The van der Waals surface area contributed by atoms with E-state index in [1.54, 1.807) is 31.2 Å². The highest BCUT2D eigenvalue weighted by molar-refractivity contribution is 5.66. The van der Waals surface area contributed by atoms with Crippen LogP contribution in [0.3, 0.4) is 0 Å². The Morgan fingerprint density at radius 3 is 2.05 bits per heavy atom. The molecule has 0 aliphatic carbocycles. The number of ether oxygens (including phenoxy) is 2. The number of aromatic nitrogens is 2. The van der Waals surface area contributed by atoms with Gasteiger partial charge in [0.15, 0.2) is 23.2 Å². The SMILES string of the molecule is C=CCOc1ccc(-c2ccc(CCc3ccc(-c4cnc(OCC)nc4)c(F)c3F)cc2)c(F)c1F. The molecule has 0 bridgehead atoms. The van der Waals surface area contributed by atoms with E-state index in [2.05, 4.69) is 16.5 Å². The fraction of sp³-hybridized carbons (Fsp3) is 0.172. The first kappa shape index (κ1) is 25.9. The van der Waals surface area contributed by atoms with Crippen molar-refractivity contribution in [2.75, 3.05) is 13.2 Å². The first-order valence-corrected chi connectivity index (χ1v) is 11.7. The van der Waals surface area contributed by atoms with Gasteiger partial charge in [-0.05, 0) is 48.6 Å². The number of aryl methyl sites for hydroxylation is 2. The predicted octanol–water partition coefficient (Wildman–Crippen LogP) is 7.12. The normalized spacial score (nSPS) is 10.8. The van der Waals surface area contributed by atoms with E-state index in [0.29, 0.717) is 24.2 Å². The summed E-state index contributed by atoms with van der Waals surface area (Å²) >= 11 is 0. The second kappa shape index (κ2) is 11.7. The van der Waals surface area contributed by atoms with E-state index < -0.39 is 23.3 Å². The third kappa shape index (κ3) is 5.80. The van der Waals surface area contributed by atoms with Gasteiger partial charge in [-0.2, -0.15) is 4.39 Å². The zero-order valence-corrected chi connectivity index (χ0v) is 20.1. The summed E-state index contributed by atoms with van der Waals surface area (Å²) in [6.07, 6.45) is 4.88. The van der Waals surface area contributed by atoms with Gasteiger partial charge in [0.1, 0.15) is 6.61 Å². The lowest BCUT2D eigenvalue weighted by atomic mass is 9.98. The van der Waals surface area contributed by atoms with Gasteiger partial charge in [-0.15, -0.1) is 0 Å². The van der Waals surface area contributed by atoms with Crippen LogP contribution < -0.4 is 9.47 Å². The predicted molar refractivity (Wildman–Crippen MR) is 133 cm³/mol. The molecular weight excluding hydrogens is 484 g/mol. The molecule has 4 rings (SSSR count). The summed E-state index contributed by atoms with van der Waals surface area (Å²) in [7, 11) is 0. The second-order valence-electron chi connectivity index (χ2n) is 8.12. The van der Waals surface area contributed by atoms with Crippen LogP contribution >= 0.6 is 0 Å². The van der Waals surface area contributed by atoms with Gasteiger partial charge in [0, 0.05) is 29.1 Å². The van der Waals surface area contributed by atoms with Gasteiger partial charge >= 0.3 is 6.01 Å². The van der Waals surface area contributed by atoms with Crippen molar-refractivity contribution in [3.63, 3.8) is 0 Å². The minimum atomic E-state index is -1.07. The summed E-state index contributed by atoms with van der Waals surface area (Å²) in [5.41, 5.74) is 2.03. The molecule has 37 heavy (non-hydrogen) atoms. The van der Waals surface area contributed by atoms with Crippen LogP contribution in [0.25, 0.3) is 22.3 Å². The van der Waals surface area contributed by atoms with E-state index in [1.165, 1.54) is 42.7 Å². The van der Waals surface area contributed by atoms with Gasteiger partial charge in [0.25, 0.3) is 0 Å². The maximum absolute atomic E-state index is 14.8. The van der Waals surface area contributed by atoms with Crippen LogP contribution in [0.4, 0.5) is 17.6 Å². The maximum atomic E-state index is 14.8. The molecule has 0 atom stereocenters. The smallest absolute Gasteiger partial charge is 0.316 e. The van der Waals surface area contributed by atoms with Crippen LogP contribution in [-0.2, 0) is 12.8 Å². The van der Waals surface area contributed by atoms with Crippen molar-refractivity contribution >= 4 is 0 Å². The minimum absolute atomic E-state index is 0.0591. The first-order chi connectivity index (χ1) is 17.9. The number of nitrogens with zero attached hydrogens (tertiary/aromatic N) is 2. The number of hydrogen-bond donors (Lipinski definition) is 0. The Morgan fingerprint density at radius 2 is 1.38 bits per heavy atom. The monoisotopic (exact) mass is 508 g/mol. The van der Waals surface area contributed by atoms with Crippen LogP contribution in [-0.4, -0.2) is 23.2 Å². The molecule has 3 aromatic carbocycles. The average molecular weight is 509 g/mol. The summed E-state index contributed by atoms with van der Waals surface area (Å²) in [6, 6.07) is 12.8. The van der Waals surface area contributed by atoms with E-state index in [4.69, 9.17) is 9.47 Å². The molecule has 0 spiro atoms. The Morgan fingerprint density at radius 1 is 0.730 bits per heavy atom. The van der Waals surface area contributed by atoms with Gasteiger partial charge < -0.3 is 9.47 Å². The number of hydrogen-bond acceptors (Lipinski definition) is 4. The Kier molecular flexibility index (Phi) is 8.18. The largest absolute Gasteiger partial charge is 0.486 e. The van der Waals surface area contributed by atoms with Gasteiger partial charge in [-0.25, -0.2) is 23.1 Å². The first-order valence-electron chi connectivity index (χ1n) is 11.7. The quantitative estimate of drug-likeness (QED) is 0.169. The molecular formula is C29H24F4N2O2. The highest BCUT2D eigenvalue weighted by Crippen LogP contribution is 2.31. The summed E-state index contributed by atoms with van der Waals surface area (Å²) < 4.78 is 68.7. The average Bonchev–Trinajstić information content (AvgIpc) is 2.92. The third-order valence-electron chi connectivity index (χ3n) is 5.73. The number of halogens is 4. The molecule has 0 saturated carbocycles. The molecule has 0 saturated heterocycles.